The first-order chi connectivity index (χ1) is 12.1. The smallest absolute Gasteiger partial charge is 0.387 e. The highest BCUT2D eigenvalue weighted by molar-refractivity contribution is 5.78. The predicted molar refractivity (Wildman–Crippen MR) is 92.9 cm³/mol. The van der Waals surface area contributed by atoms with Crippen LogP contribution in [0.1, 0.15) is 45.1 Å². The summed E-state index contributed by atoms with van der Waals surface area (Å²) < 4.78 is 35.3. The van der Waals surface area contributed by atoms with Gasteiger partial charge in [0.05, 0.1) is 24.7 Å². The van der Waals surface area contributed by atoms with Gasteiger partial charge in [-0.25, -0.2) is 0 Å². The Hall–Kier alpha value is -1.73. The summed E-state index contributed by atoms with van der Waals surface area (Å²) in [6.45, 7) is 2.65. The number of ether oxygens (including phenoxy) is 2. The molecule has 0 bridgehead atoms. The summed E-state index contributed by atoms with van der Waals surface area (Å²) in [6, 6.07) is 6.12. The third-order valence-corrected chi connectivity index (χ3v) is 4.54. The van der Waals surface area contributed by atoms with Crippen molar-refractivity contribution in [3.8, 4) is 5.75 Å². The molecule has 7 heteroatoms. The van der Waals surface area contributed by atoms with Crippen molar-refractivity contribution in [2.24, 2.45) is 17.1 Å². The van der Waals surface area contributed by atoms with Crippen molar-refractivity contribution in [1.29, 1.82) is 0 Å². The van der Waals surface area contributed by atoms with Crippen molar-refractivity contribution in [3.63, 3.8) is 0 Å². The number of nitrogens with two attached hydrogens (primary N) is 1. The molecule has 0 aliphatic heterocycles. The van der Waals surface area contributed by atoms with Gasteiger partial charge in [-0.15, -0.1) is 0 Å². The summed E-state index contributed by atoms with van der Waals surface area (Å²) in [6.07, 6.45) is 1.01. The average molecular weight is 371 g/mol. The minimum absolute atomic E-state index is 0.0117. The van der Waals surface area contributed by atoms with Crippen LogP contribution < -0.4 is 10.5 Å². The third kappa shape index (κ3) is 5.64. The molecule has 1 aromatic rings. The fourth-order valence-corrected chi connectivity index (χ4v) is 2.92. The van der Waals surface area contributed by atoms with Gasteiger partial charge in [0.2, 0.25) is 5.91 Å². The van der Waals surface area contributed by atoms with Crippen molar-refractivity contribution in [2.45, 2.75) is 58.4 Å². The Kier molecular flexibility index (Phi) is 6.58. The van der Waals surface area contributed by atoms with Crippen molar-refractivity contribution in [1.82, 2.24) is 0 Å². The Balaban J connectivity index is 2.35. The molecule has 2 rings (SSSR count). The maximum absolute atomic E-state index is 12.5. The molecule has 0 spiro atoms. The second-order valence-corrected chi connectivity index (χ2v) is 7.83. The number of primary amides is 1. The zero-order chi connectivity index (χ0) is 19.5. The summed E-state index contributed by atoms with van der Waals surface area (Å²) in [5, 5.41) is 10.7. The zero-order valence-corrected chi connectivity index (χ0v) is 15.3. The first-order valence-corrected chi connectivity index (χ1v) is 8.73. The molecule has 3 N–H and O–H groups in total. The van der Waals surface area contributed by atoms with E-state index in [9.17, 15) is 18.7 Å². The van der Waals surface area contributed by atoms with Crippen LogP contribution in [0.2, 0.25) is 0 Å². The first kappa shape index (κ1) is 20.6. The molecule has 26 heavy (non-hydrogen) atoms. The number of benzene rings is 1. The van der Waals surface area contributed by atoms with E-state index in [0.717, 1.165) is 12.8 Å². The number of rotatable bonds is 9. The van der Waals surface area contributed by atoms with E-state index < -0.39 is 35.9 Å². The van der Waals surface area contributed by atoms with Crippen molar-refractivity contribution in [2.75, 3.05) is 6.61 Å². The van der Waals surface area contributed by atoms with Gasteiger partial charge < -0.3 is 20.3 Å². The summed E-state index contributed by atoms with van der Waals surface area (Å²) in [4.78, 5) is 12.2. The zero-order valence-electron chi connectivity index (χ0n) is 15.3. The van der Waals surface area contributed by atoms with Gasteiger partial charge in [0.25, 0.3) is 0 Å². The van der Waals surface area contributed by atoms with Gasteiger partial charge in [0, 0.05) is 5.92 Å². The normalized spacial score (nSPS) is 18.4. The molecule has 0 saturated heterocycles. The highest BCUT2D eigenvalue weighted by Crippen LogP contribution is 2.37. The lowest BCUT2D eigenvalue weighted by Crippen LogP contribution is -2.45. The van der Waals surface area contributed by atoms with Gasteiger partial charge in [-0.2, -0.15) is 8.78 Å². The fraction of sp³-hybridized carbons (Fsp3) is 0.632. The Labute approximate surface area is 152 Å². The summed E-state index contributed by atoms with van der Waals surface area (Å²) in [7, 11) is 0. The van der Waals surface area contributed by atoms with Gasteiger partial charge in [-0.05, 0) is 36.0 Å². The van der Waals surface area contributed by atoms with E-state index in [2.05, 4.69) is 4.74 Å². The highest BCUT2D eigenvalue weighted by Gasteiger charge is 2.41. The van der Waals surface area contributed by atoms with Crippen LogP contribution in [0.4, 0.5) is 8.78 Å². The van der Waals surface area contributed by atoms with Gasteiger partial charge in [0.15, 0.2) is 0 Å². The lowest BCUT2D eigenvalue weighted by atomic mass is 9.73. The standard InChI is InChI=1S/C19H27F2NO4/c1-19(2,3)16(23)15(17(22)24)14(10-25-12-7-8-12)11-5-4-6-13(9-11)26-18(20)21/h4-6,9,12,14-16,18,23H,7-8,10H2,1-3H3,(H2,22,24)/t14-,15?,16?/m0/s1. The van der Waals surface area contributed by atoms with E-state index in [0.29, 0.717) is 5.56 Å². The van der Waals surface area contributed by atoms with Crippen molar-refractivity contribution < 1.29 is 28.2 Å². The topological polar surface area (TPSA) is 81.8 Å². The van der Waals surface area contributed by atoms with Crippen molar-refractivity contribution in [3.05, 3.63) is 29.8 Å². The van der Waals surface area contributed by atoms with E-state index in [1.807, 2.05) is 20.8 Å². The number of aliphatic hydroxyl groups excluding tert-OH is 1. The van der Waals surface area contributed by atoms with Gasteiger partial charge in [-0.3, -0.25) is 4.79 Å². The molecule has 1 fully saturated rings. The SMILES string of the molecule is CC(C)(C)C(O)C(C(N)=O)[C@@H](COC1CC1)c1cccc(OC(F)F)c1. The molecule has 1 aliphatic carbocycles. The molecule has 5 nitrogen and oxygen atoms in total. The lowest BCUT2D eigenvalue weighted by molar-refractivity contribution is -0.131. The van der Waals surface area contributed by atoms with E-state index in [1.54, 1.807) is 12.1 Å². The monoisotopic (exact) mass is 371 g/mol. The number of hydrogen-bond acceptors (Lipinski definition) is 4. The van der Waals surface area contributed by atoms with Gasteiger partial charge in [-0.1, -0.05) is 32.9 Å². The van der Waals surface area contributed by atoms with Crippen LogP contribution in [0.15, 0.2) is 24.3 Å². The maximum atomic E-state index is 12.5. The molecule has 1 amide bonds. The molecule has 2 unspecified atom stereocenters. The molecule has 1 aromatic carbocycles. The van der Waals surface area contributed by atoms with E-state index in [1.165, 1.54) is 12.1 Å². The second-order valence-electron chi connectivity index (χ2n) is 7.83. The molecule has 3 atom stereocenters. The predicted octanol–water partition coefficient (Wildman–Crippen LogP) is 3.06. The summed E-state index contributed by atoms with van der Waals surface area (Å²) in [5.41, 5.74) is 5.58. The number of hydrogen-bond donors (Lipinski definition) is 2. The Morgan fingerprint density at radius 3 is 2.50 bits per heavy atom. The van der Waals surface area contributed by atoms with Crippen LogP contribution in [0, 0.1) is 11.3 Å². The molecular formula is C19H27F2NO4. The van der Waals surface area contributed by atoms with E-state index in [4.69, 9.17) is 10.5 Å². The van der Waals surface area contributed by atoms with Crippen molar-refractivity contribution >= 4 is 5.91 Å². The fourth-order valence-electron chi connectivity index (χ4n) is 2.92. The number of halogens is 2. The molecule has 1 saturated carbocycles. The quantitative estimate of drug-likeness (QED) is 0.699. The van der Waals surface area contributed by atoms with Crippen LogP contribution in [0.3, 0.4) is 0 Å². The Morgan fingerprint density at radius 2 is 2.00 bits per heavy atom. The average Bonchev–Trinajstić information content (AvgIpc) is 3.33. The number of amides is 1. The number of carbonyl (C=O) groups is 1. The minimum atomic E-state index is -2.95. The highest BCUT2D eigenvalue weighted by atomic mass is 19.3. The Morgan fingerprint density at radius 1 is 1.35 bits per heavy atom. The number of aliphatic hydroxyl groups is 1. The van der Waals surface area contributed by atoms with Gasteiger partial charge in [0.1, 0.15) is 5.75 Å². The molecular weight excluding hydrogens is 344 g/mol. The molecule has 146 valence electrons. The Bertz CT molecular complexity index is 614. The van der Waals surface area contributed by atoms with Crippen LogP contribution in [-0.4, -0.2) is 36.4 Å². The number of alkyl halides is 2. The third-order valence-electron chi connectivity index (χ3n) is 4.54. The maximum Gasteiger partial charge on any atom is 0.387 e. The van der Waals surface area contributed by atoms with E-state index in [-0.39, 0.29) is 18.5 Å². The minimum Gasteiger partial charge on any atom is -0.435 e. The molecule has 1 aliphatic rings. The van der Waals surface area contributed by atoms with Crippen LogP contribution >= 0.6 is 0 Å². The van der Waals surface area contributed by atoms with Crippen LogP contribution in [0.5, 0.6) is 5.75 Å². The lowest BCUT2D eigenvalue weighted by Gasteiger charge is -2.36. The largest absolute Gasteiger partial charge is 0.435 e. The summed E-state index contributed by atoms with van der Waals surface area (Å²) in [5.74, 6) is -2.15. The first-order valence-electron chi connectivity index (χ1n) is 8.73. The number of carbonyl (C=O) groups excluding carboxylic acids is 1. The van der Waals surface area contributed by atoms with E-state index >= 15 is 0 Å². The van der Waals surface area contributed by atoms with Crippen LogP contribution in [0.25, 0.3) is 0 Å². The second kappa shape index (κ2) is 8.31. The molecule has 0 heterocycles. The molecule has 0 aromatic heterocycles. The molecule has 0 radical (unpaired) electrons. The van der Waals surface area contributed by atoms with Gasteiger partial charge >= 0.3 is 6.61 Å². The van der Waals surface area contributed by atoms with Crippen LogP contribution in [-0.2, 0) is 9.53 Å². The summed E-state index contributed by atoms with van der Waals surface area (Å²) >= 11 is 0.